The van der Waals surface area contributed by atoms with Gasteiger partial charge < -0.3 is 10.5 Å². The summed E-state index contributed by atoms with van der Waals surface area (Å²) in [5.74, 6) is -0.0693. The van der Waals surface area contributed by atoms with Crippen LogP contribution in [0.1, 0.15) is 16.1 Å². The van der Waals surface area contributed by atoms with E-state index in [0.29, 0.717) is 28.6 Å². The molecular formula is C16H13ClN4O2. The molecule has 0 fully saturated rings. The van der Waals surface area contributed by atoms with Crippen LogP contribution in [0.4, 0.5) is 0 Å². The molecule has 1 heterocycles. The lowest BCUT2D eigenvalue weighted by molar-refractivity contribution is 0.0996. The van der Waals surface area contributed by atoms with Gasteiger partial charge in [-0.25, -0.2) is 0 Å². The summed E-state index contributed by atoms with van der Waals surface area (Å²) in [4.78, 5) is 11.4. The summed E-state index contributed by atoms with van der Waals surface area (Å²) in [6.07, 6.45) is 0. The number of carbonyl (C=O) groups is 1. The van der Waals surface area contributed by atoms with Gasteiger partial charge in [0.1, 0.15) is 18.1 Å². The van der Waals surface area contributed by atoms with Crippen molar-refractivity contribution in [1.82, 2.24) is 15.4 Å². The summed E-state index contributed by atoms with van der Waals surface area (Å²) >= 11 is 5.87. The predicted molar refractivity (Wildman–Crippen MR) is 86.1 cm³/mol. The molecule has 3 N–H and O–H groups in total. The van der Waals surface area contributed by atoms with Gasteiger partial charge in [-0.3, -0.25) is 4.79 Å². The molecule has 0 aliphatic rings. The van der Waals surface area contributed by atoms with Crippen LogP contribution in [0, 0.1) is 0 Å². The molecule has 0 radical (unpaired) electrons. The largest absolute Gasteiger partial charge is 0.488 e. The number of H-pyrrole nitrogens is 1. The number of carbonyl (C=O) groups excluding carboxylic acids is 1. The van der Waals surface area contributed by atoms with E-state index in [1.807, 2.05) is 24.3 Å². The minimum Gasteiger partial charge on any atom is -0.488 e. The third-order valence-corrected chi connectivity index (χ3v) is 3.48. The van der Waals surface area contributed by atoms with E-state index >= 15 is 0 Å². The van der Waals surface area contributed by atoms with Gasteiger partial charge in [0.25, 0.3) is 5.91 Å². The average molecular weight is 329 g/mol. The molecule has 0 unspecified atom stereocenters. The smallest absolute Gasteiger partial charge is 0.271 e. The fourth-order valence-corrected chi connectivity index (χ4v) is 2.25. The van der Waals surface area contributed by atoms with Gasteiger partial charge in [0.2, 0.25) is 0 Å². The molecule has 0 spiro atoms. The fourth-order valence-electron chi connectivity index (χ4n) is 2.12. The Kier molecular flexibility index (Phi) is 4.25. The Morgan fingerprint density at radius 2 is 1.87 bits per heavy atom. The Labute approximate surface area is 137 Å². The second-order valence-electron chi connectivity index (χ2n) is 4.80. The van der Waals surface area contributed by atoms with Crippen molar-refractivity contribution in [1.29, 1.82) is 0 Å². The van der Waals surface area contributed by atoms with E-state index in [9.17, 15) is 4.79 Å². The first-order valence-corrected chi connectivity index (χ1v) is 7.20. The quantitative estimate of drug-likeness (QED) is 0.753. The number of aromatic nitrogens is 3. The summed E-state index contributed by atoms with van der Waals surface area (Å²) in [5.41, 5.74) is 7.37. The number of aromatic amines is 1. The molecule has 3 aromatic rings. The van der Waals surface area contributed by atoms with Crippen LogP contribution in [0.3, 0.4) is 0 Å². The van der Waals surface area contributed by atoms with Crippen LogP contribution in [0.15, 0.2) is 48.5 Å². The molecule has 0 saturated heterocycles. The molecule has 116 valence electrons. The second-order valence-corrected chi connectivity index (χ2v) is 5.23. The van der Waals surface area contributed by atoms with Crippen LogP contribution in [-0.2, 0) is 6.61 Å². The summed E-state index contributed by atoms with van der Waals surface area (Å²) in [6.45, 7) is 0.359. The number of nitrogens with one attached hydrogen (secondary N) is 1. The number of hydrogen-bond acceptors (Lipinski definition) is 4. The SMILES string of the molecule is NC(=O)c1n[nH]nc1-c1ccccc1OCc1ccc(Cl)cc1. The van der Waals surface area contributed by atoms with E-state index in [-0.39, 0.29) is 5.69 Å². The van der Waals surface area contributed by atoms with E-state index in [0.717, 1.165) is 5.56 Å². The highest BCUT2D eigenvalue weighted by Gasteiger charge is 2.18. The van der Waals surface area contributed by atoms with Crippen molar-refractivity contribution in [3.05, 3.63) is 64.8 Å². The fraction of sp³-hybridized carbons (Fsp3) is 0.0625. The highest BCUT2D eigenvalue weighted by molar-refractivity contribution is 6.30. The summed E-state index contributed by atoms with van der Waals surface area (Å²) in [6, 6.07) is 14.6. The van der Waals surface area contributed by atoms with Gasteiger partial charge in [0.05, 0.1) is 0 Å². The maximum absolute atomic E-state index is 11.4. The number of rotatable bonds is 5. The summed E-state index contributed by atoms with van der Waals surface area (Å²) in [5, 5.41) is 10.9. The number of para-hydroxylation sites is 1. The van der Waals surface area contributed by atoms with Gasteiger partial charge in [0.15, 0.2) is 5.69 Å². The average Bonchev–Trinajstić information content (AvgIpc) is 3.04. The van der Waals surface area contributed by atoms with Gasteiger partial charge in [-0.1, -0.05) is 35.9 Å². The number of halogens is 1. The van der Waals surface area contributed by atoms with E-state index in [1.54, 1.807) is 24.3 Å². The van der Waals surface area contributed by atoms with Crippen LogP contribution < -0.4 is 10.5 Å². The molecule has 6 nitrogen and oxygen atoms in total. The Morgan fingerprint density at radius 3 is 2.61 bits per heavy atom. The molecule has 0 bridgehead atoms. The monoisotopic (exact) mass is 328 g/mol. The van der Waals surface area contributed by atoms with Gasteiger partial charge in [-0.2, -0.15) is 15.4 Å². The molecule has 3 rings (SSSR count). The predicted octanol–water partition coefficient (Wildman–Crippen LogP) is 2.80. The lowest BCUT2D eigenvalue weighted by Gasteiger charge is -2.10. The third-order valence-electron chi connectivity index (χ3n) is 3.23. The summed E-state index contributed by atoms with van der Waals surface area (Å²) in [7, 11) is 0. The zero-order valence-corrected chi connectivity index (χ0v) is 12.7. The molecule has 0 aliphatic heterocycles. The Balaban J connectivity index is 1.87. The molecule has 1 amide bonds. The Bertz CT molecular complexity index is 830. The van der Waals surface area contributed by atoms with Crippen LogP contribution in [-0.4, -0.2) is 21.3 Å². The van der Waals surface area contributed by atoms with Gasteiger partial charge in [-0.05, 0) is 29.8 Å². The molecule has 0 saturated carbocycles. The number of ether oxygens (including phenoxy) is 1. The molecule has 1 aromatic heterocycles. The zero-order valence-electron chi connectivity index (χ0n) is 12.0. The standard InChI is InChI=1S/C16H13ClN4O2/c17-11-7-5-10(6-8-11)9-23-13-4-2-1-3-12(13)14-15(16(18)22)20-21-19-14/h1-8H,9H2,(H2,18,22)(H,19,20,21). The van der Waals surface area contributed by atoms with Crippen molar-refractivity contribution in [3.63, 3.8) is 0 Å². The van der Waals surface area contributed by atoms with E-state index in [2.05, 4.69) is 15.4 Å². The van der Waals surface area contributed by atoms with Gasteiger partial charge in [-0.15, -0.1) is 0 Å². The molecular weight excluding hydrogens is 316 g/mol. The third kappa shape index (κ3) is 3.32. The van der Waals surface area contributed by atoms with Crippen molar-refractivity contribution < 1.29 is 9.53 Å². The van der Waals surface area contributed by atoms with Gasteiger partial charge in [0, 0.05) is 10.6 Å². The van der Waals surface area contributed by atoms with Crippen LogP contribution in [0.2, 0.25) is 5.02 Å². The second kappa shape index (κ2) is 6.50. The van der Waals surface area contributed by atoms with Crippen LogP contribution >= 0.6 is 11.6 Å². The molecule has 2 aromatic carbocycles. The first-order chi connectivity index (χ1) is 11.1. The van der Waals surface area contributed by atoms with Crippen molar-refractivity contribution in [2.24, 2.45) is 5.73 Å². The lowest BCUT2D eigenvalue weighted by atomic mass is 10.1. The Morgan fingerprint density at radius 1 is 1.13 bits per heavy atom. The first-order valence-electron chi connectivity index (χ1n) is 6.82. The highest BCUT2D eigenvalue weighted by atomic mass is 35.5. The van der Waals surface area contributed by atoms with Crippen molar-refractivity contribution in [3.8, 4) is 17.0 Å². The highest BCUT2D eigenvalue weighted by Crippen LogP contribution is 2.30. The number of amides is 1. The number of nitrogens with two attached hydrogens (primary N) is 1. The van der Waals surface area contributed by atoms with Crippen molar-refractivity contribution >= 4 is 17.5 Å². The molecule has 7 heteroatoms. The number of benzene rings is 2. The van der Waals surface area contributed by atoms with E-state index < -0.39 is 5.91 Å². The van der Waals surface area contributed by atoms with Crippen molar-refractivity contribution in [2.45, 2.75) is 6.61 Å². The number of nitrogens with zero attached hydrogens (tertiary/aromatic N) is 2. The van der Waals surface area contributed by atoms with Crippen LogP contribution in [0.25, 0.3) is 11.3 Å². The number of primary amides is 1. The zero-order chi connectivity index (χ0) is 16.2. The topological polar surface area (TPSA) is 93.9 Å². The van der Waals surface area contributed by atoms with E-state index in [4.69, 9.17) is 22.1 Å². The summed E-state index contributed by atoms with van der Waals surface area (Å²) < 4.78 is 5.84. The molecule has 0 aliphatic carbocycles. The number of hydrogen-bond donors (Lipinski definition) is 2. The minimum atomic E-state index is -0.652. The molecule has 23 heavy (non-hydrogen) atoms. The van der Waals surface area contributed by atoms with Gasteiger partial charge >= 0.3 is 0 Å². The minimum absolute atomic E-state index is 0.0764. The maximum Gasteiger partial charge on any atom is 0.271 e. The molecule has 0 atom stereocenters. The first kappa shape index (κ1) is 15.1. The lowest BCUT2D eigenvalue weighted by Crippen LogP contribution is -2.13. The Hall–Kier alpha value is -2.86. The van der Waals surface area contributed by atoms with Crippen molar-refractivity contribution in [2.75, 3.05) is 0 Å². The van der Waals surface area contributed by atoms with E-state index in [1.165, 1.54) is 0 Å². The normalized spacial score (nSPS) is 10.5. The maximum atomic E-state index is 11.4. The van der Waals surface area contributed by atoms with Crippen LogP contribution in [0.5, 0.6) is 5.75 Å².